The Bertz CT molecular complexity index is 1420. The topological polar surface area (TPSA) is 161 Å². The molecule has 1 aliphatic rings. The summed E-state index contributed by atoms with van der Waals surface area (Å²) in [5.74, 6) is -0.687. The van der Waals surface area contributed by atoms with E-state index in [1.54, 1.807) is 50.4 Å². The number of rotatable bonds is 18. The molecule has 1 saturated carbocycles. The minimum atomic E-state index is -4.23. The Morgan fingerprint density at radius 1 is 1.07 bits per heavy atom. The summed E-state index contributed by atoms with van der Waals surface area (Å²) >= 11 is 0. The molecule has 1 heterocycles. The highest BCUT2D eigenvalue weighted by Crippen LogP contribution is 2.56. The second-order valence-electron chi connectivity index (χ2n) is 12.2. The number of hydrogen-bond acceptors (Lipinski definition) is 10. The van der Waals surface area contributed by atoms with E-state index in [2.05, 4.69) is 10.1 Å². The summed E-state index contributed by atoms with van der Waals surface area (Å²) < 4.78 is 38.9. The molecule has 1 aliphatic carbocycles. The third-order valence-corrected chi connectivity index (χ3v) is 9.14. The summed E-state index contributed by atoms with van der Waals surface area (Å²) in [6, 6.07) is 9.01. The van der Waals surface area contributed by atoms with Crippen LogP contribution in [-0.2, 0) is 28.2 Å². The summed E-state index contributed by atoms with van der Waals surface area (Å²) in [6.07, 6.45) is 5.49. The number of carbonyl (C=O) groups excluding carboxylic acids is 2. The summed E-state index contributed by atoms with van der Waals surface area (Å²) in [7, 11) is -4.23. The van der Waals surface area contributed by atoms with Gasteiger partial charge in [0.25, 0.3) is 0 Å². The second-order valence-corrected chi connectivity index (χ2v) is 13.9. The fourth-order valence-corrected chi connectivity index (χ4v) is 6.10. The molecule has 2 aromatic rings. The van der Waals surface area contributed by atoms with E-state index in [0.717, 1.165) is 12.8 Å². The van der Waals surface area contributed by atoms with Gasteiger partial charge in [-0.05, 0) is 48.4 Å². The Kier molecular flexibility index (Phi) is 13.0. The number of hydrogen-bond donors (Lipinski definition) is 2. The first-order valence-corrected chi connectivity index (χ1v) is 17.0. The third-order valence-electron chi connectivity index (χ3n) is 7.59. The molecule has 248 valence electrons. The number of ether oxygens (including phenoxy) is 2. The Morgan fingerprint density at radius 2 is 1.76 bits per heavy atom. The van der Waals surface area contributed by atoms with E-state index in [1.165, 1.54) is 16.8 Å². The molecule has 0 aliphatic heterocycles. The Labute approximate surface area is 265 Å². The molecule has 13 heteroatoms. The van der Waals surface area contributed by atoms with Gasteiger partial charge in [0.1, 0.15) is 24.2 Å². The number of para-hydroxylation sites is 1. The van der Waals surface area contributed by atoms with Crippen molar-refractivity contribution in [3.05, 3.63) is 58.7 Å². The summed E-state index contributed by atoms with van der Waals surface area (Å²) in [4.78, 5) is 41.8. The van der Waals surface area contributed by atoms with Gasteiger partial charge in [-0.1, -0.05) is 72.6 Å². The standard InChI is InChI=1S/C32H47N4O8P/c1-7-24(8-2)19-41-30(38)27(16-22(3)4)35-45(40,44-26-12-10-9-11-13-26)43-21-32(20-42-29(37)23(5)6)17-25(32)18-36-15-14-28(33)34-31(36)39/h9-15,18,22-24,27H,7-8,16-17,19-21H2,1-6H3,(H,35,40)(H2,33,34,39)/b25-18-/t27-,32?,45?/m0/s1. The summed E-state index contributed by atoms with van der Waals surface area (Å²) in [5, 5.41) is 2.86. The van der Waals surface area contributed by atoms with Gasteiger partial charge in [0, 0.05) is 12.4 Å². The zero-order chi connectivity index (χ0) is 33.2. The lowest BCUT2D eigenvalue weighted by Gasteiger charge is -2.27. The number of nitrogen functional groups attached to an aromatic ring is 1. The number of anilines is 1. The Morgan fingerprint density at radius 3 is 2.36 bits per heavy atom. The van der Waals surface area contributed by atoms with Crippen LogP contribution in [0.4, 0.5) is 5.82 Å². The van der Waals surface area contributed by atoms with Crippen molar-refractivity contribution in [3.8, 4) is 5.75 Å². The first kappa shape index (κ1) is 36.0. The number of carbonyl (C=O) groups is 2. The van der Waals surface area contributed by atoms with Crippen LogP contribution in [0.2, 0.25) is 0 Å². The molecule has 0 radical (unpaired) electrons. The Balaban J connectivity index is 1.90. The van der Waals surface area contributed by atoms with Crippen LogP contribution >= 0.6 is 7.75 Å². The minimum absolute atomic E-state index is 0.0555. The van der Waals surface area contributed by atoms with E-state index in [4.69, 9.17) is 24.3 Å². The average Bonchev–Trinajstić information content (AvgIpc) is 3.68. The molecular formula is C32H47N4O8P. The molecule has 0 saturated heterocycles. The van der Waals surface area contributed by atoms with Gasteiger partial charge in [-0.15, -0.1) is 0 Å². The van der Waals surface area contributed by atoms with Crippen LogP contribution in [0.5, 0.6) is 5.75 Å². The molecule has 1 fully saturated rings. The van der Waals surface area contributed by atoms with E-state index in [-0.39, 0.29) is 49.1 Å². The van der Waals surface area contributed by atoms with Crippen molar-refractivity contribution in [2.45, 2.75) is 73.3 Å². The van der Waals surface area contributed by atoms with Crippen LogP contribution < -0.4 is 21.0 Å². The van der Waals surface area contributed by atoms with Gasteiger partial charge in [-0.2, -0.15) is 10.1 Å². The van der Waals surface area contributed by atoms with Crippen LogP contribution in [0.25, 0.3) is 6.20 Å². The van der Waals surface area contributed by atoms with Gasteiger partial charge >= 0.3 is 25.4 Å². The van der Waals surface area contributed by atoms with Gasteiger partial charge in [0.05, 0.1) is 24.5 Å². The van der Waals surface area contributed by atoms with Crippen molar-refractivity contribution in [1.29, 1.82) is 0 Å². The summed E-state index contributed by atoms with van der Waals surface area (Å²) in [6.45, 7) is 11.4. The Hall–Kier alpha value is -3.47. The minimum Gasteiger partial charge on any atom is -0.464 e. The van der Waals surface area contributed by atoms with Crippen molar-refractivity contribution >= 4 is 31.7 Å². The van der Waals surface area contributed by atoms with Gasteiger partial charge < -0.3 is 19.7 Å². The molecule has 3 atom stereocenters. The smallest absolute Gasteiger partial charge is 0.459 e. The predicted octanol–water partition coefficient (Wildman–Crippen LogP) is 5.44. The monoisotopic (exact) mass is 646 g/mol. The van der Waals surface area contributed by atoms with E-state index in [1.807, 2.05) is 27.7 Å². The maximum atomic E-state index is 14.4. The number of benzene rings is 1. The van der Waals surface area contributed by atoms with E-state index in [0.29, 0.717) is 18.4 Å². The molecule has 45 heavy (non-hydrogen) atoms. The van der Waals surface area contributed by atoms with Crippen LogP contribution in [-0.4, -0.2) is 47.4 Å². The average molecular weight is 647 g/mol. The number of nitrogens with zero attached hydrogens (tertiary/aromatic N) is 2. The van der Waals surface area contributed by atoms with Crippen LogP contribution in [0.1, 0.15) is 67.2 Å². The highest BCUT2D eigenvalue weighted by atomic mass is 31.2. The van der Waals surface area contributed by atoms with Gasteiger partial charge in [-0.25, -0.2) is 9.36 Å². The van der Waals surface area contributed by atoms with Gasteiger partial charge in [0.15, 0.2) is 0 Å². The lowest BCUT2D eigenvalue weighted by Crippen LogP contribution is -2.39. The lowest BCUT2D eigenvalue weighted by molar-refractivity contribution is -0.149. The maximum Gasteiger partial charge on any atom is 0.459 e. The molecule has 3 rings (SSSR count). The number of esters is 2. The zero-order valence-electron chi connectivity index (χ0n) is 27.1. The quantitative estimate of drug-likeness (QED) is 0.157. The molecular weight excluding hydrogens is 599 g/mol. The molecule has 3 N–H and O–H groups in total. The maximum absolute atomic E-state index is 14.4. The first-order valence-electron chi connectivity index (χ1n) is 15.5. The number of nitrogens with two attached hydrogens (primary N) is 1. The second kappa shape index (κ2) is 16.2. The van der Waals surface area contributed by atoms with Crippen molar-refractivity contribution in [1.82, 2.24) is 14.6 Å². The molecule has 12 nitrogen and oxygen atoms in total. The molecule has 0 amide bonds. The summed E-state index contributed by atoms with van der Waals surface area (Å²) in [5.41, 5.74) is 4.86. The van der Waals surface area contributed by atoms with Crippen LogP contribution in [0.3, 0.4) is 0 Å². The first-order chi connectivity index (χ1) is 21.3. The molecule has 2 unspecified atom stereocenters. The number of aromatic nitrogens is 2. The number of nitrogens with one attached hydrogen (secondary N) is 1. The zero-order valence-corrected chi connectivity index (χ0v) is 28.0. The largest absolute Gasteiger partial charge is 0.464 e. The van der Waals surface area contributed by atoms with Crippen LogP contribution in [0.15, 0.2) is 53.0 Å². The molecule has 0 bridgehead atoms. The third kappa shape index (κ3) is 10.8. The van der Waals surface area contributed by atoms with Crippen molar-refractivity contribution in [2.75, 3.05) is 25.6 Å². The van der Waals surface area contributed by atoms with E-state index in [9.17, 15) is 18.9 Å². The highest BCUT2D eigenvalue weighted by Gasteiger charge is 2.52. The molecule has 1 aromatic heterocycles. The van der Waals surface area contributed by atoms with Crippen molar-refractivity contribution in [3.63, 3.8) is 0 Å². The normalized spacial score (nSPS) is 19.0. The van der Waals surface area contributed by atoms with Crippen molar-refractivity contribution in [2.24, 2.45) is 23.2 Å². The predicted molar refractivity (Wildman–Crippen MR) is 172 cm³/mol. The lowest BCUT2D eigenvalue weighted by atomic mass is 10.0. The fraction of sp³-hybridized carbons (Fsp3) is 0.562. The highest BCUT2D eigenvalue weighted by molar-refractivity contribution is 7.52. The van der Waals surface area contributed by atoms with Crippen LogP contribution in [0, 0.1) is 23.2 Å². The van der Waals surface area contributed by atoms with Crippen molar-refractivity contribution < 1.29 is 32.7 Å². The van der Waals surface area contributed by atoms with E-state index < -0.39 is 36.8 Å². The van der Waals surface area contributed by atoms with Gasteiger partial charge in [0.2, 0.25) is 0 Å². The van der Waals surface area contributed by atoms with E-state index >= 15 is 0 Å². The SMILES string of the molecule is CCC(CC)COC(=O)[C@H](CC(C)C)NP(=O)(OCC1(COC(=O)C(C)C)C/C1=C/n1ccc(N)nc1=O)Oc1ccccc1. The molecule has 0 spiro atoms. The van der Waals surface area contributed by atoms with Gasteiger partial charge in [-0.3, -0.25) is 18.7 Å². The molecule has 1 aromatic carbocycles. The fourth-order valence-electron chi connectivity index (χ4n) is 4.51.